The van der Waals surface area contributed by atoms with E-state index in [-0.39, 0.29) is 11.3 Å². The molecular weight excluding hydrogens is 597 g/mol. The van der Waals surface area contributed by atoms with E-state index in [2.05, 4.69) is 0 Å². The van der Waals surface area contributed by atoms with Crippen molar-refractivity contribution in [2.45, 2.75) is 44.1 Å². The molecule has 0 amide bonds. The molecule has 0 saturated carbocycles. The Balaban J connectivity index is 1.41. The monoisotopic (exact) mass is 627 g/mol. The Kier molecular flexibility index (Phi) is 10.1. The van der Waals surface area contributed by atoms with Crippen LogP contribution >= 0.6 is 35.4 Å². The quantitative estimate of drug-likeness (QED) is 0.132. The van der Waals surface area contributed by atoms with Crippen molar-refractivity contribution in [3.8, 4) is 5.75 Å². The van der Waals surface area contributed by atoms with Gasteiger partial charge in [0.2, 0.25) is 0 Å². The van der Waals surface area contributed by atoms with E-state index >= 15 is 0 Å². The highest BCUT2D eigenvalue weighted by atomic mass is 35.5. The molecule has 0 bridgehead atoms. The van der Waals surface area contributed by atoms with E-state index in [0.717, 1.165) is 47.0 Å². The average molecular weight is 629 g/mol. The molecule has 5 rings (SSSR count). The average Bonchev–Trinajstić information content (AvgIpc) is 3.02. The number of pyridine rings is 1. The number of thiocarbonyl (C=S) groups is 1. The third kappa shape index (κ3) is 8.20. The van der Waals surface area contributed by atoms with Gasteiger partial charge in [-0.15, -0.1) is 0 Å². The van der Waals surface area contributed by atoms with Gasteiger partial charge in [-0.2, -0.15) is 0 Å². The van der Waals surface area contributed by atoms with Gasteiger partial charge in [-0.05, 0) is 97.3 Å². The van der Waals surface area contributed by atoms with Crippen LogP contribution in [0.25, 0.3) is 10.9 Å². The number of fused-ring (bicyclic) bond motifs is 1. The van der Waals surface area contributed by atoms with Crippen molar-refractivity contribution in [3.63, 3.8) is 0 Å². The predicted octanol–water partition coefficient (Wildman–Crippen LogP) is 9.47. The van der Waals surface area contributed by atoms with Crippen LogP contribution in [0.15, 0.2) is 109 Å². The Bertz CT molecular complexity index is 1710. The van der Waals surface area contributed by atoms with Crippen LogP contribution in [-0.4, -0.2) is 20.9 Å². The number of carboxylic acid groups (broad SMARTS) is 1. The molecule has 43 heavy (non-hydrogen) atoms. The Morgan fingerprint density at radius 2 is 1.47 bits per heavy atom. The number of ether oxygens (including phenoxy) is 1. The zero-order valence-corrected chi connectivity index (χ0v) is 25.8. The van der Waals surface area contributed by atoms with E-state index in [9.17, 15) is 9.90 Å². The molecule has 1 atom stereocenters. The lowest BCUT2D eigenvalue weighted by Gasteiger charge is -2.35. The summed E-state index contributed by atoms with van der Waals surface area (Å²) >= 11 is 17.7. The van der Waals surface area contributed by atoms with E-state index in [1.54, 1.807) is 0 Å². The summed E-state index contributed by atoms with van der Waals surface area (Å²) in [5.41, 5.74) is 4.48. The molecule has 0 aliphatic rings. The molecular formula is C36H31Cl2NO3S. The molecule has 1 unspecified atom stereocenters. The molecule has 1 heterocycles. The van der Waals surface area contributed by atoms with Gasteiger partial charge in [0.15, 0.2) is 0 Å². The lowest BCUT2D eigenvalue weighted by atomic mass is 9.69. The summed E-state index contributed by atoms with van der Waals surface area (Å²) in [6.07, 6.45) is 3.25. The number of nitrogens with zero attached hydrogens (tertiary/aromatic N) is 1. The summed E-state index contributed by atoms with van der Waals surface area (Å²) in [5, 5.41) is 12.3. The van der Waals surface area contributed by atoms with Crippen LogP contribution in [0, 0.1) is 0 Å². The second-order valence-electron chi connectivity index (χ2n) is 10.8. The minimum absolute atomic E-state index is 0.0168. The molecule has 4 nitrogen and oxygen atoms in total. The number of carboxylic acids is 1. The summed E-state index contributed by atoms with van der Waals surface area (Å²) < 4.78 is 6.10. The van der Waals surface area contributed by atoms with Gasteiger partial charge in [0, 0.05) is 20.8 Å². The van der Waals surface area contributed by atoms with Gasteiger partial charge in [-0.1, -0.05) is 96.1 Å². The fourth-order valence-electron chi connectivity index (χ4n) is 5.50. The third-order valence-corrected chi connectivity index (χ3v) is 8.56. The van der Waals surface area contributed by atoms with Crippen LogP contribution in [0.4, 0.5) is 0 Å². The molecule has 7 heteroatoms. The number of hydrogen-bond donors (Lipinski definition) is 1. The molecule has 1 aromatic heterocycles. The minimum atomic E-state index is -1.06. The van der Waals surface area contributed by atoms with Crippen LogP contribution in [0.5, 0.6) is 5.75 Å². The Morgan fingerprint density at radius 1 is 0.814 bits per heavy atom. The van der Waals surface area contributed by atoms with Crippen LogP contribution < -0.4 is 4.74 Å². The van der Waals surface area contributed by atoms with Gasteiger partial charge in [0.1, 0.15) is 17.2 Å². The Morgan fingerprint density at radius 3 is 2.14 bits per heavy atom. The second-order valence-corrected chi connectivity index (χ2v) is 12.1. The van der Waals surface area contributed by atoms with Crippen molar-refractivity contribution in [1.29, 1.82) is 0 Å². The van der Waals surface area contributed by atoms with Gasteiger partial charge in [0.25, 0.3) is 0 Å². The first kappa shape index (κ1) is 30.7. The molecule has 218 valence electrons. The van der Waals surface area contributed by atoms with Gasteiger partial charge in [0.05, 0.1) is 11.2 Å². The lowest BCUT2D eigenvalue weighted by Crippen LogP contribution is -2.34. The van der Waals surface area contributed by atoms with Crippen molar-refractivity contribution in [2.75, 3.05) is 0 Å². The summed E-state index contributed by atoms with van der Waals surface area (Å²) in [7, 11) is 0. The van der Waals surface area contributed by atoms with Crippen molar-refractivity contribution in [3.05, 3.63) is 142 Å². The summed E-state index contributed by atoms with van der Waals surface area (Å²) in [4.78, 5) is 16.7. The number of hydrogen-bond acceptors (Lipinski definition) is 4. The predicted molar refractivity (Wildman–Crippen MR) is 179 cm³/mol. The zero-order valence-electron chi connectivity index (χ0n) is 23.5. The SMILES string of the molecule is O=C(O)C(=S)CC(CCCc1ccc(Cl)cc1)(Cc1ccc(Cl)cc1)c1ccc(OCc2ccc3ccccc3n2)cc1. The van der Waals surface area contributed by atoms with E-state index in [4.69, 9.17) is 45.1 Å². The normalized spacial score (nSPS) is 12.5. The van der Waals surface area contributed by atoms with Crippen LogP contribution in [0.1, 0.15) is 41.6 Å². The number of halogens is 2. The van der Waals surface area contributed by atoms with Crippen molar-refractivity contribution in [2.24, 2.45) is 0 Å². The van der Waals surface area contributed by atoms with Crippen molar-refractivity contribution < 1.29 is 14.6 Å². The highest BCUT2D eigenvalue weighted by molar-refractivity contribution is 7.82. The number of aryl methyl sites for hydroxylation is 1. The minimum Gasteiger partial charge on any atom is -0.487 e. The maximum absolute atomic E-state index is 12.0. The van der Waals surface area contributed by atoms with Crippen LogP contribution in [0.2, 0.25) is 10.0 Å². The topological polar surface area (TPSA) is 59.4 Å². The summed E-state index contributed by atoms with van der Waals surface area (Å²) in [6, 6.07) is 35.5. The number of aliphatic carboxylic acids is 1. The van der Waals surface area contributed by atoms with E-state index < -0.39 is 11.4 Å². The van der Waals surface area contributed by atoms with Crippen molar-refractivity contribution in [1.82, 2.24) is 4.98 Å². The molecule has 4 aromatic carbocycles. The standard InChI is InChI=1S/C36H31Cl2NO3S/c37-29-14-7-25(8-15-29)4-3-21-36(23-34(43)35(40)41,22-26-9-16-30(38)17-10-26)28-12-19-32(20-13-28)42-24-31-18-11-27-5-1-2-6-33(27)39-31/h1-2,5-20H,3-4,21-24H2,(H,40,41). The fraction of sp³-hybridized carbons (Fsp3) is 0.194. The first-order valence-electron chi connectivity index (χ1n) is 14.1. The highest BCUT2D eigenvalue weighted by Crippen LogP contribution is 2.39. The van der Waals surface area contributed by atoms with Gasteiger partial charge in [-0.25, -0.2) is 9.78 Å². The van der Waals surface area contributed by atoms with E-state index in [1.165, 1.54) is 5.56 Å². The third-order valence-electron chi connectivity index (χ3n) is 7.74. The first-order chi connectivity index (χ1) is 20.8. The summed E-state index contributed by atoms with van der Waals surface area (Å²) in [5.74, 6) is -0.350. The molecule has 5 aromatic rings. The van der Waals surface area contributed by atoms with Gasteiger partial charge in [-0.3, -0.25) is 0 Å². The number of para-hydroxylation sites is 1. The smallest absolute Gasteiger partial charge is 0.342 e. The summed E-state index contributed by atoms with van der Waals surface area (Å²) in [6.45, 7) is 0.338. The molecule has 1 N–H and O–H groups in total. The van der Waals surface area contributed by atoms with Gasteiger partial charge >= 0.3 is 5.97 Å². The molecule has 0 fully saturated rings. The van der Waals surface area contributed by atoms with E-state index in [0.29, 0.717) is 28.8 Å². The zero-order chi connectivity index (χ0) is 30.2. The van der Waals surface area contributed by atoms with Crippen LogP contribution in [0.3, 0.4) is 0 Å². The Hall–Kier alpha value is -3.77. The number of rotatable bonds is 13. The van der Waals surface area contributed by atoms with Crippen LogP contribution in [-0.2, 0) is 29.7 Å². The fourth-order valence-corrected chi connectivity index (χ4v) is 6.02. The molecule has 0 saturated heterocycles. The number of aromatic nitrogens is 1. The van der Waals surface area contributed by atoms with E-state index in [1.807, 2.05) is 109 Å². The number of carbonyl (C=O) groups is 1. The maximum atomic E-state index is 12.0. The largest absolute Gasteiger partial charge is 0.487 e. The van der Waals surface area contributed by atoms with Gasteiger partial charge < -0.3 is 9.84 Å². The maximum Gasteiger partial charge on any atom is 0.342 e. The molecule has 0 aliphatic heterocycles. The number of benzene rings is 4. The van der Waals surface area contributed by atoms with Crippen molar-refractivity contribution >= 4 is 57.2 Å². The molecule has 0 spiro atoms. The second kappa shape index (κ2) is 14.1. The highest BCUT2D eigenvalue weighted by Gasteiger charge is 2.35. The molecule has 0 radical (unpaired) electrons. The molecule has 0 aliphatic carbocycles. The first-order valence-corrected chi connectivity index (χ1v) is 15.3. The lowest BCUT2D eigenvalue weighted by molar-refractivity contribution is -0.129. The Labute approximate surface area is 267 Å².